The van der Waals surface area contributed by atoms with Crippen molar-refractivity contribution in [3.05, 3.63) is 103 Å². The van der Waals surface area contributed by atoms with Crippen LogP contribution in [0.5, 0.6) is 0 Å². The summed E-state index contributed by atoms with van der Waals surface area (Å²) in [6.45, 7) is 0. The third kappa shape index (κ3) is 3.88. The van der Waals surface area contributed by atoms with Gasteiger partial charge in [-0.2, -0.15) is 0 Å². The fourth-order valence-corrected chi connectivity index (χ4v) is 3.83. The molecule has 0 bridgehead atoms. The maximum Gasteiger partial charge on any atom is 0.301 e. The van der Waals surface area contributed by atoms with Crippen LogP contribution in [0.3, 0.4) is 0 Å². The number of pyridine rings is 1. The molecule has 1 aliphatic heterocycles. The van der Waals surface area contributed by atoms with Crippen molar-refractivity contribution >= 4 is 56.5 Å². The van der Waals surface area contributed by atoms with Crippen molar-refractivity contribution in [1.82, 2.24) is 4.98 Å². The SMILES string of the molecule is O=C1C(=O)N(c2ccc(Br)cn2)[C@H](c2cccc([N+](=O)[O-])c2)C1=C(O)c1ccc(Cl)cc1. The maximum absolute atomic E-state index is 13.0. The molecule has 10 heteroatoms. The van der Waals surface area contributed by atoms with Gasteiger partial charge in [-0.3, -0.25) is 24.6 Å². The minimum absolute atomic E-state index is 0.155. The highest BCUT2D eigenvalue weighted by Gasteiger charge is 2.47. The number of hydrogen-bond acceptors (Lipinski definition) is 6. The van der Waals surface area contributed by atoms with Crippen LogP contribution in [-0.4, -0.2) is 26.7 Å². The standard InChI is InChI=1S/C22H13BrClN3O5/c23-14-6-9-17(25-11-14)26-19(13-2-1-3-16(10-13)27(31)32)18(21(29)22(26)30)20(28)12-4-7-15(24)8-5-12/h1-11,19,28H/t19-/m1/s1. The summed E-state index contributed by atoms with van der Waals surface area (Å²) in [6.07, 6.45) is 1.46. The molecule has 160 valence electrons. The van der Waals surface area contributed by atoms with Crippen LogP contribution in [-0.2, 0) is 9.59 Å². The highest BCUT2D eigenvalue weighted by Crippen LogP contribution is 2.42. The Morgan fingerprint density at radius 1 is 1.12 bits per heavy atom. The van der Waals surface area contributed by atoms with Crippen LogP contribution in [0.15, 0.2) is 76.9 Å². The molecule has 1 atom stereocenters. The van der Waals surface area contributed by atoms with Gasteiger partial charge in [0.05, 0.1) is 16.5 Å². The van der Waals surface area contributed by atoms with Crippen LogP contribution < -0.4 is 4.90 Å². The van der Waals surface area contributed by atoms with Crippen LogP contribution in [0.4, 0.5) is 11.5 Å². The summed E-state index contributed by atoms with van der Waals surface area (Å²) in [4.78, 5) is 42.1. The second-order valence-electron chi connectivity index (χ2n) is 6.86. The minimum Gasteiger partial charge on any atom is -0.507 e. The Morgan fingerprint density at radius 2 is 1.84 bits per heavy atom. The van der Waals surface area contributed by atoms with Crippen molar-refractivity contribution in [2.24, 2.45) is 0 Å². The van der Waals surface area contributed by atoms with Gasteiger partial charge in [0, 0.05) is 33.4 Å². The van der Waals surface area contributed by atoms with E-state index in [2.05, 4.69) is 20.9 Å². The quantitative estimate of drug-likeness (QED) is 0.172. The van der Waals surface area contributed by atoms with Gasteiger partial charge >= 0.3 is 5.91 Å². The predicted octanol–water partition coefficient (Wildman–Crippen LogP) is 5.03. The number of halogens is 2. The molecule has 2 heterocycles. The Labute approximate surface area is 195 Å². The van der Waals surface area contributed by atoms with Crippen molar-refractivity contribution < 1.29 is 19.6 Å². The van der Waals surface area contributed by atoms with Crippen molar-refractivity contribution in [1.29, 1.82) is 0 Å². The lowest BCUT2D eigenvalue weighted by atomic mass is 9.95. The molecule has 1 N–H and O–H groups in total. The van der Waals surface area contributed by atoms with Crippen LogP contribution in [0.2, 0.25) is 5.02 Å². The van der Waals surface area contributed by atoms with Gasteiger partial charge in [0.15, 0.2) is 0 Å². The Morgan fingerprint density at radius 3 is 2.47 bits per heavy atom. The molecule has 0 saturated carbocycles. The number of nitro benzene ring substituents is 1. The highest BCUT2D eigenvalue weighted by atomic mass is 79.9. The van der Waals surface area contributed by atoms with E-state index >= 15 is 0 Å². The molecule has 0 radical (unpaired) electrons. The molecule has 0 aliphatic carbocycles. The fourth-order valence-electron chi connectivity index (χ4n) is 3.47. The third-order valence-electron chi connectivity index (χ3n) is 4.92. The van der Waals surface area contributed by atoms with Crippen molar-refractivity contribution in [2.75, 3.05) is 4.90 Å². The number of carbonyl (C=O) groups is 2. The van der Waals surface area contributed by atoms with Gasteiger partial charge < -0.3 is 5.11 Å². The Balaban J connectivity index is 1.96. The van der Waals surface area contributed by atoms with Crippen molar-refractivity contribution in [3.8, 4) is 0 Å². The largest absolute Gasteiger partial charge is 0.507 e. The molecule has 3 aromatic rings. The topological polar surface area (TPSA) is 114 Å². The Bertz CT molecular complexity index is 1280. The molecule has 1 fully saturated rings. The molecule has 4 rings (SSSR count). The van der Waals surface area contributed by atoms with E-state index in [-0.39, 0.29) is 28.2 Å². The lowest BCUT2D eigenvalue weighted by Crippen LogP contribution is -2.30. The predicted molar refractivity (Wildman–Crippen MR) is 121 cm³/mol. The number of rotatable bonds is 4. The lowest BCUT2D eigenvalue weighted by molar-refractivity contribution is -0.384. The number of non-ortho nitro benzene ring substituents is 1. The molecule has 8 nitrogen and oxygen atoms in total. The molecular formula is C22H13BrClN3O5. The van der Waals surface area contributed by atoms with Crippen LogP contribution in [0.25, 0.3) is 5.76 Å². The van der Waals surface area contributed by atoms with Crippen molar-refractivity contribution in [2.45, 2.75) is 6.04 Å². The Kier molecular flexibility index (Phi) is 5.77. The number of ketones is 1. The van der Waals surface area contributed by atoms with Crippen molar-refractivity contribution in [3.63, 3.8) is 0 Å². The first-order valence-corrected chi connectivity index (χ1v) is 10.4. The van der Waals surface area contributed by atoms with Gasteiger partial charge in [-0.15, -0.1) is 0 Å². The molecule has 0 spiro atoms. The number of nitro groups is 1. The zero-order valence-electron chi connectivity index (χ0n) is 16.1. The van der Waals surface area contributed by atoms with E-state index in [1.165, 1.54) is 54.7 Å². The van der Waals surface area contributed by atoms with Crippen LogP contribution >= 0.6 is 27.5 Å². The monoisotopic (exact) mass is 513 g/mol. The maximum atomic E-state index is 13.0. The number of Topliss-reactive ketones (excluding diaryl/α,β-unsaturated/α-hetero) is 1. The lowest BCUT2D eigenvalue weighted by Gasteiger charge is -2.24. The summed E-state index contributed by atoms with van der Waals surface area (Å²) >= 11 is 9.18. The summed E-state index contributed by atoms with van der Waals surface area (Å²) in [6, 6.07) is 13.7. The second kappa shape index (κ2) is 8.52. The number of anilines is 1. The first kappa shape index (κ1) is 21.7. The first-order valence-electron chi connectivity index (χ1n) is 9.21. The van der Waals surface area contributed by atoms with E-state index < -0.39 is 28.4 Å². The van der Waals surface area contributed by atoms with E-state index in [1.54, 1.807) is 12.1 Å². The average molecular weight is 515 g/mol. The van der Waals surface area contributed by atoms with E-state index in [0.29, 0.717) is 9.50 Å². The molecular weight excluding hydrogens is 502 g/mol. The van der Waals surface area contributed by atoms with Gasteiger partial charge in [0.2, 0.25) is 0 Å². The molecule has 1 amide bonds. The van der Waals surface area contributed by atoms with Gasteiger partial charge in [-0.25, -0.2) is 4.98 Å². The van der Waals surface area contributed by atoms with E-state index in [1.807, 2.05) is 0 Å². The summed E-state index contributed by atoms with van der Waals surface area (Å²) in [5, 5.41) is 22.7. The molecule has 32 heavy (non-hydrogen) atoms. The number of nitrogens with zero attached hydrogens (tertiary/aromatic N) is 3. The summed E-state index contributed by atoms with van der Waals surface area (Å²) in [5.74, 6) is -2.11. The number of amides is 1. The summed E-state index contributed by atoms with van der Waals surface area (Å²) in [5.41, 5.74) is 0.121. The normalized spacial score (nSPS) is 17.6. The second-order valence-corrected chi connectivity index (χ2v) is 8.21. The number of aliphatic hydroxyl groups excluding tert-OH is 1. The summed E-state index contributed by atoms with van der Waals surface area (Å²) in [7, 11) is 0. The van der Waals surface area contributed by atoms with Gasteiger partial charge in [0.25, 0.3) is 11.5 Å². The van der Waals surface area contributed by atoms with E-state index in [0.717, 1.165) is 4.90 Å². The van der Waals surface area contributed by atoms with Gasteiger partial charge in [-0.05, 0) is 57.9 Å². The average Bonchev–Trinajstić information content (AvgIpc) is 3.05. The first-order chi connectivity index (χ1) is 15.3. The fraction of sp³-hybridized carbons (Fsp3) is 0.0455. The van der Waals surface area contributed by atoms with Gasteiger partial charge in [0.1, 0.15) is 11.6 Å². The third-order valence-corrected chi connectivity index (χ3v) is 5.64. The molecule has 0 unspecified atom stereocenters. The smallest absolute Gasteiger partial charge is 0.301 e. The van der Waals surface area contributed by atoms with Gasteiger partial charge in [-0.1, -0.05) is 23.7 Å². The minimum atomic E-state index is -1.13. The molecule has 2 aromatic carbocycles. The number of aliphatic hydroxyl groups is 1. The van der Waals surface area contributed by atoms with E-state index in [9.17, 15) is 24.8 Å². The number of benzene rings is 2. The zero-order chi connectivity index (χ0) is 23.0. The molecule has 1 aromatic heterocycles. The number of carbonyl (C=O) groups excluding carboxylic acids is 2. The summed E-state index contributed by atoms with van der Waals surface area (Å²) < 4.78 is 0.658. The van der Waals surface area contributed by atoms with Crippen LogP contribution in [0, 0.1) is 10.1 Å². The zero-order valence-corrected chi connectivity index (χ0v) is 18.4. The number of aromatic nitrogens is 1. The number of hydrogen-bond donors (Lipinski definition) is 1. The molecule has 1 aliphatic rings. The Hall–Kier alpha value is -3.56. The van der Waals surface area contributed by atoms with E-state index in [4.69, 9.17) is 11.6 Å². The highest BCUT2D eigenvalue weighted by molar-refractivity contribution is 9.10. The van der Waals surface area contributed by atoms with Crippen LogP contribution in [0.1, 0.15) is 17.2 Å². The molecule has 1 saturated heterocycles.